The zero-order valence-electron chi connectivity index (χ0n) is 12.3. The van der Waals surface area contributed by atoms with Gasteiger partial charge >= 0.3 is 0 Å². The van der Waals surface area contributed by atoms with E-state index >= 15 is 0 Å². The van der Waals surface area contributed by atoms with E-state index in [0.717, 1.165) is 26.1 Å². The third kappa shape index (κ3) is 2.68. The Labute approximate surface area is 145 Å². The van der Waals surface area contributed by atoms with Gasteiger partial charge in [0.15, 0.2) is 4.96 Å². The molecule has 0 saturated heterocycles. The van der Waals surface area contributed by atoms with Crippen molar-refractivity contribution < 1.29 is 4.92 Å². The molecule has 118 valence electrons. The van der Waals surface area contributed by atoms with Gasteiger partial charge in [-0.15, -0.1) is 11.3 Å². The number of nitro benzene ring substituents is 1. The molecule has 2 aromatic heterocycles. The summed E-state index contributed by atoms with van der Waals surface area (Å²) in [7, 11) is 0. The summed E-state index contributed by atoms with van der Waals surface area (Å²) in [5.41, 5.74) is 2.07. The maximum Gasteiger partial charge on any atom is 0.269 e. The SMILES string of the molecule is O=[N+]([O-])c1ccc(Sc2c(-c3ccccc3)nc3sccn23)cc1. The largest absolute Gasteiger partial charge is 0.284 e. The highest BCUT2D eigenvalue weighted by atomic mass is 32.2. The Balaban J connectivity index is 1.77. The number of nitrogens with zero attached hydrogens (tertiary/aromatic N) is 3. The Morgan fingerprint density at radius 1 is 1.08 bits per heavy atom. The number of hydrogen-bond acceptors (Lipinski definition) is 5. The van der Waals surface area contributed by atoms with E-state index in [2.05, 4.69) is 4.40 Å². The van der Waals surface area contributed by atoms with Crippen molar-refractivity contribution in [3.05, 3.63) is 76.3 Å². The Morgan fingerprint density at radius 3 is 2.54 bits per heavy atom. The minimum Gasteiger partial charge on any atom is -0.284 e. The van der Waals surface area contributed by atoms with Crippen LogP contribution in [0.4, 0.5) is 5.69 Å². The molecule has 7 heteroatoms. The van der Waals surface area contributed by atoms with E-state index in [-0.39, 0.29) is 10.6 Å². The van der Waals surface area contributed by atoms with Gasteiger partial charge < -0.3 is 0 Å². The number of non-ortho nitro benzene ring substituents is 1. The smallest absolute Gasteiger partial charge is 0.269 e. The van der Waals surface area contributed by atoms with Crippen molar-refractivity contribution in [1.82, 2.24) is 9.38 Å². The molecule has 4 rings (SSSR count). The standard InChI is InChI=1S/C17H11N3O2S2/c21-20(22)13-6-8-14(9-7-13)24-16-15(12-4-2-1-3-5-12)18-17-19(16)10-11-23-17/h1-11H. The van der Waals surface area contributed by atoms with Crippen LogP contribution in [0.1, 0.15) is 0 Å². The van der Waals surface area contributed by atoms with E-state index in [1.807, 2.05) is 41.9 Å². The number of benzene rings is 2. The summed E-state index contributed by atoms with van der Waals surface area (Å²) in [4.78, 5) is 17.0. The Hall–Kier alpha value is -2.64. The molecule has 2 aromatic carbocycles. The van der Waals surface area contributed by atoms with E-state index in [1.165, 1.54) is 12.1 Å². The Kier molecular flexibility index (Phi) is 3.79. The number of fused-ring (bicyclic) bond motifs is 1. The second kappa shape index (κ2) is 6.10. The zero-order chi connectivity index (χ0) is 16.5. The number of aromatic nitrogens is 2. The van der Waals surface area contributed by atoms with E-state index in [0.29, 0.717) is 0 Å². The molecule has 0 aliphatic rings. The molecule has 0 fully saturated rings. The van der Waals surface area contributed by atoms with E-state index in [4.69, 9.17) is 4.98 Å². The third-order valence-corrected chi connectivity index (χ3v) is 5.38. The number of rotatable bonds is 4. The van der Waals surface area contributed by atoms with Gasteiger partial charge in [-0.25, -0.2) is 4.98 Å². The highest BCUT2D eigenvalue weighted by Gasteiger charge is 2.16. The van der Waals surface area contributed by atoms with Crippen LogP contribution in [0.3, 0.4) is 0 Å². The molecule has 24 heavy (non-hydrogen) atoms. The first-order chi connectivity index (χ1) is 11.7. The molecular formula is C17H11N3O2S2. The molecular weight excluding hydrogens is 342 g/mol. The number of nitro groups is 1. The maximum atomic E-state index is 10.8. The topological polar surface area (TPSA) is 60.4 Å². The monoisotopic (exact) mass is 353 g/mol. The molecule has 0 radical (unpaired) electrons. The van der Waals surface area contributed by atoms with Gasteiger partial charge in [0.1, 0.15) is 10.7 Å². The second-order valence-electron chi connectivity index (χ2n) is 5.04. The van der Waals surface area contributed by atoms with Crippen molar-refractivity contribution in [3.8, 4) is 11.3 Å². The fraction of sp³-hybridized carbons (Fsp3) is 0. The molecule has 0 aliphatic carbocycles. The first kappa shape index (κ1) is 14.9. The molecule has 0 spiro atoms. The normalized spacial score (nSPS) is 11.0. The molecule has 0 amide bonds. The molecule has 0 unspecified atom stereocenters. The fourth-order valence-corrected chi connectivity index (χ4v) is 4.17. The molecule has 0 bridgehead atoms. The summed E-state index contributed by atoms with van der Waals surface area (Å²) in [5, 5.41) is 13.8. The van der Waals surface area contributed by atoms with Gasteiger partial charge in [-0.1, -0.05) is 42.1 Å². The molecule has 0 N–H and O–H groups in total. The van der Waals surface area contributed by atoms with Crippen molar-refractivity contribution in [1.29, 1.82) is 0 Å². The lowest BCUT2D eigenvalue weighted by Crippen LogP contribution is -1.88. The van der Waals surface area contributed by atoms with Crippen LogP contribution in [0.2, 0.25) is 0 Å². The highest BCUT2D eigenvalue weighted by molar-refractivity contribution is 7.99. The average Bonchev–Trinajstić information content (AvgIpc) is 3.19. The molecule has 0 aliphatic heterocycles. The summed E-state index contributed by atoms with van der Waals surface area (Å²) in [6, 6.07) is 16.6. The van der Waals surface area contributed by atoms with Crippen molar-refractivity contribution in [2.24, 2.45) is 0 Å². The van der Waals surface area contributed by atoms with Crippen molar-refractivity contribution >= 4 is 33.7 Å². The van der Waals surface area contributed by atoms with Gasteiger partial charge in [0.05, 0.1) is 4.92 Å². The first-order valence-corrected chi connectivity index (χ1v) is 8.85. The lowest BCUT2D eigenvalue weighted by atomic mass is 10.2. The van der Waals surface area contributed by atoms with E-state index < -0.39 is 0 Å². The van der Waals surface area contributed by atoms with Crippen molar-refractivity contribution in [3.63, 3.8) is 0 Å². The van der Waals surface area contributed by atoms with Crippen molar-refractivity contribution in [2.75, 3.05) is 0 Å². The summed E-state index contributed by atoms with van der Waals surface area (Å²) < 4.78 is 2.05. The molecule has 0 atom stereocenters. The van der Waals surface area contributed by atoms with Gasteiger partial charge in [0.25, 0.3) is 5.69 Å². The number of thiazole rings is 1. The van der Waals surface area contributed by atoms with Crippen LogP contribution in [0.5, 0.6) is 0 Å². The minimum atomic E-state index is -0.389. The molecule has 4 aromatic rings. The Bertz CT molecular complexity index is 1010. The summed E-state index contributed by atoms with van der Waals surface area (Å²) >= 11 is 3.14. The number of imidazole rings is 1. The van der Waals surface area contributed by atoms with Gasteiger partial charge in [-0.2, -0.15) is 0 Å². The molecule has 2 heterocycles. The fourth-order valence-electron chi connectivity index (χ4n) is 2.39. The minimum absolute atomic E-state index is 0.0941. The van der Waals surface area contributed by atoms with Crippen LogP contribution in [-0.4, -0.2) is 14.3 Å². The zero-order valence-corrected chi connectivity index (χ0v) is 14.0. The molecule has 0 saturated carbocycles. The quantitative estimate of drug-likeness (QED) is 0.377. The van der Waals surface area contributed by atoms with Gasteiger partial charge in [-0.05, 0) is 12.1 Å². The predicted octanol–water partition coefficient (Wildman–Crippen LogP) is 5.12. The van der Waals surface area contributed by atoms with Crippen LogP contribution >= 0.6 is 23.1 Å². The average molecular weight is 353 g/mol. The first-order valence-electron chi connectivity index (χ1n) is 7.15. The van der Waals surface area contributed by atoms with Crippen LogP contribution < -0.4 is 0 Å². The Morgan fingerprint density at radius 2 is 1.83 bits per heavy atom. The van der Waals surface area contributed by atoms with Crippen molar-refractivity contribution in [2.45, 2.75) is 9.92 Å². The van der Waals surface area contributed by atoms with Crippen LogP contribution in [0, 0.1) is 10.1 Å². The van der Waals surface area contributed by atoms with Crippen LogP contribution in [-0.2, 0) is 0 Å². The number of hydrogen-bond donors (Lipinski definition) is 0. The third-order valence-electron chi connectivity index (χ3n) is 3.53. The maximum absolute atomic E-state index is 10.8. The summed E-state index contributed by atoms with van der Waals surface area (Å²) in [6.45, 7) is 0. The van der Waals surface area contributed by atoms with Crippen LogP contribution in [0.25, 0.3) is 16.2 Å². The lowest BCUT2D eigenvalue weighted by Gasteiger charge is -2.04. The summed E-state index contributed by atoms with van der Waals surface area (Å²) in [5.74, 6) is 0. The van der Waals surface area contributed by atoms with Gasteiger partial charge in [-0.3, -0.25) is 14.5 Å². The summed E-state index contributed by atoms with van der Waals surface area (Å²) in [6.07, 6.45) is 1.99. The second-order valence-corrected chi connectivity index (χ2v) is 6.98. The van der Waals surface area contributed by atoms with Gasteiger partial charge in [0, 0.05) is 34.2 Å². The highest BCUT2D eigenvalue weighted by Crippen LogP contribution is 2.37. The van der Waals surface area contributed by atoms with Gasteiger partial charge in [0.2, 0.25) is 0 Å². The predicted molar refractivity (Wildman–Crippen MR) is 95.7 cm³/mol. The molecule has 5 nitrogen and oxygen atoms in total. The lowest BCUT2D eigenvalue weighted by molar-refractivity contribution is -0.384. The van der Waals surface area contributed by atoms with E-state index in [9.17, 15) is 10.1 Å². The van der Waals surface area contributed by atoms with Crippen LogP contribution in [0.15, 0.2) is 76.1 Å². The van der Waals surface area contributed by atoms with E-state index in [1.54, 1.807) is 35.2 Å².